The Kier molecular flexibility index (Phi) is 8.07. The summed E-state index contributed by atoms with van der Waals surface area (Å²) in [6.45, 7) is 2.36. The number of rotatable bonds is 9. The maximum absolute atomic E-state index is 14.7. The predicted molar refractivity (Wildman–Crippen MR) is 130 cm³/mol. The van der Waals surface area contributed by atoms with Crippen LogP contribution in [0.25, 0.3) is 6.08 Å². The largest absolute Gasteiger partial charge is 0.573 e. The number of thioether (sulfide) groups is 1. The van der Waals surface area contributed by atoms with E-state index in [-0.39, 0.29) is 29.0 Å². The molecule has 4 rings (SSSR count). The fourth-order valence-electron chi connectivity index (χ4n) is 3.99. The van der Waals surface area contributed by atoms with Crippen molar-refractivity contribution in [3.63, 3.8) is 0 Å². The number of carbonyl (C=O) groups excluding carboxylic acids is 1. The molecule has 0 radical (unpaired) electrons. The van der Waals surface area contributed by atoms with Gasteiger partial charge in [0.05, 0.1) is 6.54 Å². The first-order valence-electron chi connectivity index (χ1n) is 11.4. The van der Waals surface area contributed by atoms with E-state index in [0.29, 0.717) is 24.7 Å². The van der Waals surface area contributed by atoms with Crippen molar-refractivity contribution in [1.29, 1.82) is 0 Å². The second kappa shape index (κ2) is 11.1. The second-order valence-corrected chi connectivity index (χ2v) is 10.4. The van der Waals surface area contributed by atoms with Crippen LogP contribution in [0.2, 0.25) is 0 Å². The number of aromatic nitrogens is 3. The Morgan fingerprint density at radius 3 is 2.53 bits per heavy atom. The van der Waals surface area contributed by atoms with Crippen LogP contribution in [0.5, 0.6) is 5.75 Å². The van der Waals surface area contributed by atoms with Crippen LogP contribution >= 0.6 is 11.8 Å². The van der Waals surface area contributed by atoms with Gasteiger partial charge >= 0.3 is 6.36 Å². The molecule has 1 fully saturated rings. The normalized spacial score (nSPS) is 16.8. The van der Waals surface area contributed by atoms with Crippen LogP contribution in [0.3, 0.4) is 0 Å². The van der Waals surface area contributed by atoms with Gasteiger partial charge < -0.3 is 14.7 Å². The summed E-state index contributed by atoms with van der Waals surface area (Å²) in [4.78, 5) is 17.9. The average Bonchev–Trinajstić information content (AvgIpc) is 3.32. The lowest BCUT2D eigenvalue weighted by Gasteiger charge is -2.42. The van der Waals surface area contributed by atoms with E-state index >= 15 is 0 Å². The van der Waals surface area contributed by atoms with E-state index in [1.54, 1.807) is 11.8 Å². The molecule has 1 aromatic heterocycles. The molecular weight excluding hydrogens is 531 g/mol. The van der Waals surface area contributed by atoms with Crippen molar-refractivity contribution in [2.45, 2.75) is 35.9 Å². The number of nitrogens with zero attached hydrogens (tertiary/aromatic N) is 4. The highest BCUT2D eigenvalue weighted by Crippen LogP contribution is 2.39. The van der Waals surface area contributed by atoms with Crippen LogP contribution in [0.1, 0.15) is 18.1 Å². The highest BCUT2D eigenvalue weighted by Gasteiger charge is 2.42. The van der Waals surface area contributed by atoms with Gasteiger partial charge in [0.2, 0.25) is 5.91 Å². The van der Waals surface area contributed by atoms with Crippen LogP contribution in [0.4, 0.5) is 22.0 Å². The van der Waals surface area contributed by atoms with Crippen molar-refractivity contribution in [2.24, 2.45) is 0 Å². The zero-order valence-electron chi connectivity index (χ0n) is 20.0. The molecule has 0 aliphatic carbocycles. The van der Waals surface area contributed by atoms with Gasteiger partial charge in [0.25, 0.3) is 0 Å². The molecule has 0 bridgehead atoms. The van der Waals surface area contributed by atoms with Crippen molar-refractivity contribution in [2.75, 3.05) is 13.1 Å². The number of benzene rings is 2. The minimum Gasteiger partial charge on any atom is -0.406 e. The van der Waals surface area contributed by atoms with Crippen molar-refractivity contribution >= 4 is 23.7 Å². The quantitative estimate of drug-likeness (QED) is 0.312. The predicted octanol–water partition coefficient (Wildman–Crippen LogP) is 4.39. The monoisotopic (exact) mass is 554 g/mol. The Hall–Kier alpha value is -3.45. The van der Waals surface area contributed by atoms with Crippen molar-refractivity contribution < 1.29 is 36.6 Å². The number of aliphatic hydroxyl groups is 1. The maximum atomic E-state index is 14.7. The summed E-state index contributed by atoms with van der Waals surface area (Å²) in [5, 5.41) is 15.0. The summed E-state index contributed by atoms with van der Waals surface area (Å²) in [7, 11) is 0. The molecule has 7 nitrogen and oxygen atoms in total. The summed E-state index contributed by atoms with van der Waals surface area (Å²) < 4.78 is 70.2. The minimum atomic E-state index is -4.78. The summed E-state index contributed by atoms with van der Waals surface area (Å²) >= 11 is 1.37. The Balaban J connectivity index is 1.36. The highest BCUT2D eigenvalue weighted by atomic mass is 32.2. The van der Waals surface area contributed by atoms with E-state index < -0.39 is 28.8 Å². The molecule has 0 unspecified atom stereocenters. The second-order valence-electron chi connectivity index (χ2n) is 8.74. The number of ether oxygens (including phenoxy) is 1. The zero-order chi connectivity index (χ0) is 27.5. The van der Waals surface area contributed by atoms with E-state index in [9.17, 15) is 31.9 Å². The van der Waals surface area contributed by atoms with E-state index in [2.05, 4.69) is 14.8 Å². The molecule has 1 saturated heterocycles. The fraction of sp³-hybridized carbons (Fsp3) is 0.320. The van der Waals surface area contributed by atoms with Gasteiger partial charge in [0, 0.05) is 41.3 Å². The molecule has 0 spiro atoms. The van der Waals surface area contributed by atoms with Crippen molar-refractivity contribution in [3.05, 3.63) is 84.0 Å². The maximum Gasteiger partial charge on any atom is 0.573 e. The molecule has 3 aromatic rings. The first-order chi connectivity index (χ1) is 17.9. The number of amides is 1. The molecular formula is C25H23F5N4O3S. The molecule has 38 heavy (non-hydrogen) atoms. The van der Waals surface area contributed by atoms with Crippen LogP contribution in [-0.2, 0) is 16.9 Å². The van der Waals surface area contributed by atoms with Crippen molar-refractivity contribution in [3.8, 4) is 5.75 Å². The highest BCUT2D eigenvalue weighted by molar-refractivity contribution is 8.00. The van der Waals surface area contributed by atoms with Crippen LogP contribution in [0, 0.1) is 11.6 Å². The summed E-state index contributed by atoms with van der Waals surface area (Å²) in [6, 6.07) is 8.10. The third kappa shape index (κ3) is 6.70. The Labute approximate surface area is 218 Å². The first kappa shape index (κ1) is 27.6. The number of hydrogen-bond acceptors (Lipinski definition) is 6. The van der Waals surface area contributed by atoms with Crippen LogP contribution in [0.15, 0.2) is 61.2 Å². The van der Waals surface area contributed by atoms with Crippen molar-refractivity contribution in [1.82, 2.24) is 19.7 Å². The molecule has 2 heterocycles. The molecule has 13 heteroatoms. The molecule has 1 N–H and O–H groups in total. The Bertz CT molecular complexity index is 1280. The molecule has 1 aliphatic heterocycles. The Morgan fingerprint density at radius 1 is 1.21 bits per heavy atom. The van der Waals surface area contributed by atoms with Crippen LogP contribution in [-0.4, -0.2) is 60.6 Å². The number of likely N-dealkylation sites (tertiary alicyclic amines) is 1. The Morgan fingerprint density at radius 2 is 1.92 bits per heavy atom. The summed E-state index contributed by atoms with van der Waals surface area (Å²) in [5.41, 5.74) is -1.30. The molecule has 2 atom stereocenters. The SMILES string of the molecule is C[C@@H](SC1CN(C(=O)/C=C/c2ccc(OC(F)(F)F)cc2)C1)[C@](O)(Cn1cncn1)c1ccc(F)cc1F. The van der Waals surface area contributed by atoms with Gasteiger partial charge in [-0.1, -0.05) is 25.1 Å². The van der Waals surface area contributed by atoms with E-state index in [1.165, 1.54) is 59.4 Å². The van der Waals surface area contributed by atoms with Gasteiger partial charge in [-0.3, -0.25) is 4.79 Å². The van der Waals surface area contributed by atoms with Gasteiger partial charge in [-0.25, -0.2) is 18.4 Å². The number of alkyl halides is 3. The standard InChI is InChI=1S/C25H23F5N4O3S/c1-16(24(36,13-34-15-31-14-32-34)21-8-5-18(26)10-22(21)27)38-20-11-33(12-20)23(35)9-4-17-2-6-19(7-3-17)37-25(28,29)30/h2-10,14-16,20,36H,11-13H2,1H3/b9-4+/t16-,24-/m1/s1. The van der Waals surface area contributed by atoms with Gasteiger partial charge in [0.1, 0.15) is 35.6 Å². The summed E-state index contributed by atoms with van der Waals surface area (Å²) in [5.74, 6) is -2.29. The number of halogens is 5. The smallest absolute Gasteiger partial charge is 0.406 e. The fourth-order valence-corrected chi connectivity index (χ4v) is 5.53. The van der Waals surface area contributed by atoms with Gasteiger partial charge in [-0.2, -0.15) is 5.10 Å². The third-order valence-electron chi connectivity index (χ3n) is 6.03. The lowest BCUT2D eigenvalue weighted by Crippen LogP contribution is -2.53. The number of hydrogen-bond donors (Lipinski definition) is 1. The van der Waals surface area contributed by atoms with Gasteiger partial charge in [0.15, 0.2) is 0 Å². The molecule has 202 valence electrons. The van der Waals surface area contributed by atoms with E-state index in [0.717, 1.165) is 18.2 Å². The lowest BCUT2D eigenvalue weighted by molar-refractivity contribution is -0.274. The van der Waals surface area contributed by atoms with E-state index in [4.69, 9.17) is 0 Å². The molecule has 2 aromatic carbocycles. The lowest BCUT2D eigenvalue weighted by atomic mass is 9.90. The molecule has 0 saturated carbocycles. The van der Waals surface area contributed by atoms with E-state index in [1.807, 2.05) is 0 Å². The summed E-state index contributed by atoms with van der Waals surface area (Å²) in [6.07, 6.45) is 0.690. The third-order valence-corrected chi connectivity index (χ3v) is 7.51. The topological polar surface area (TPSA) is 80.5 Å². The average molecular weight is 555 g/mol. The molecule has 1 amide bonds. The first-order valence-corrected chi connectivity index (χ1v) is 12.4. The van der Waals surface area contributed by atoms with Gasteiger partial charge in [-0.15, -0.1) is 24.9 Å². The van der Waals surface area contributed by atoms with Gasteiger partial charge in [-0.05, 0) is 29.8 Å². The van der Waals surface area contributed by atoms with Crippen LogP contribution < -0.4 is 4.74 Å². The minimum absolute atomic E-state index is 0.0491. The number of carbonyl (C=O) groups is 1. The molecule has 1 aliphatic rings. The zero-order valence-corrected chi connectivity index (χ0v) is 20.8.